The third-order valence-electron chi connectivity index (χ3n) is 3.01. The Balaban J connectivity index is 1.91. The first kappa shape index (κ1) is 16.1. The summed E-state index contributed by atoms with van der Waals surface area (Å²) >= 11 is 7.68. The highest BCUT2D eigenvalue weighted by atomic mass is 35.5. The molecule has 5 nitrogen and oxygen atoms in total. The van der Waals surface area contributed by atoms with Crippen molar-refractivity contribution in [2.75, 3.05) is 19.5 Å². The Hall–Kier alpha value is -1.24. The average Bonchev–Trinajstić information content (AvgIpc) is 2.83. The number of ether oxygens (including phenoxy) is 1. The molecule has 7 heteroatoms. The number of thioether (sulfide) groups is 1. The fraction of sp³-hybridized carbons (Fsp3) is 0.429. The lowest BCUT2D eigenvalue weighted by Crippen LogP contribution is -2.18. The van der Waals surface area contributed by atoms with Crippen molar-refractivity contribution in [3.8, 4) is 0 Å². The van der Waals surface area contributed by atoms with Gasteiger partial charge < -0.3 is 4.74 Å². The Kier molecular flexibility index (Phi) is 6.35. The van der Waals surface area contributed by atoms with E-state index in [0.29, 0.717) is 18.3 Å². The highest BCUT2D eigenvalue weighted by Crippen LogP contribution is 2.20. The number of nitrogens with one attached hydrogen (secondary N) is 1. The van der Waals surface area contributed by atoms with E-state index in [1.165, 1.54) is 0 Å². The van der Waals surface area contributed by atoms with E-state index >= 15 is 0 Å². The van der Waals surface area contributed by atoms with Crippen molar-refractivity contribution >= 4 is 23.4 Å². The average molecular weight is 328 g/mol. The smallest absolute Gasteiger partial charge is 0.343 e. The van der Waals surface area contributed by atoms with E-state index in [0.717, 1.165) is 29.2 Å². The predicted molar refractivity (Wildman–Crippen MR) is 85.2 cm³/mol. The zero-order valence-corrected chi connectivity index (χ0v) is 13.4. The molecule has 0 spiro atoms. The Morgan fingerprint density at radius 1 is 1.43 bits per heavy atom. The Morgan fingerprint density at radius 3 is 3.00 bits per heavy atom. The molecule has 0 unspecified atom stereocenters. The molecule has 0 saturated carbocycles. The molecule has 1 aromatic carbocycles. The van der Waals surface area contributed by atoms with Crippen LogP contribution in [0.1, 0.15) is 12.0 Å². The van der Waals surface area contributed by atoms with Crippen LogP contribution >= 0.6 is 23.4 Å². The fourth-order valence-corrected chi connectivity index (χ4v) is 3.11. The van der Waals surface area contributed by atoms with Crippen molar-refractivity contribution < 1.29 is 4.74 Å². The minimum atomic E-state index is -0.175. The Bertz CT molecular complexity index is 627. The van der Waals surface area contributed by atoms with Gasteiger partial charge in [0, 0.05) is 31.0 Å². The SMILES string of the molecule is COCCCn1c(SCCc2ccccc2Cl)n[nH]c1=O. The van der Waals surface area contributed by atoms with Crippen LogP contribution in [0.2, 0.25) is 5.02 Å². The Labute approximate surface area is 132 Å². The third-order valence-corrected chi connectivity index (χ3v) is 4.36. The fourth-order valence-electron chi connectivity index (χ4n) is 1.93. The molecule has 21 heavy (non-hydrogen) atoms. The summed E-state index contributed by atoms with van der Waals surface area (Å²) < 4.78 is 6.65. The number of aromatic nitrogens is 3. The van der Waals surface area contributed by atoms with E-state index in [1.807, 2.05) is 24.3 Å². The maximum atomic E-state index is 11.7. The number of rotatable bonds is 8. The molecule has 0 radical (unpaired) electrons. The topological polar surface area (TPSA) is 59.9 Å². The summed E-state index contributed by atoms with van der Waals surface area (Å²) in [6, 6.07) is 7.79. The van der Waals surface area contributed by atoms with E-state index in [9.17, 15) is 4.79 Å². The minimum absolute atomic E-state index is 0.175. The molecule has 0 aliphatic carbocycles. The molecule has 0 aliphatic heterocycles. The van der Waals surface area contributed by atoms with Crippen molar-refractivity contribution in [2.45, 2.75) is 24.5 Å². The second-order valence-corrected chi connectivity index (χ2v) is 5.97. The highest BCUT2D eigenvalue weighted by Gasteiger charge is 2.09. The quantitative estimate of drug-likeness (QED) is 0.598. The monoisotopic (exact) mass is 327 g/mol. The molecule has 1 heterocycles. The van der Waals surface area contributed by atoms with Crippen molar-refractivity contribution in [3.05, 3.63) is 45.3 Å². The number of aryl methyl sites for hydroxylation is 1. The normalized spacial score (nSPS) is 11.0. The first-order chi connectivity index (χ1) is 10.2. The van der Waals surface area contributed by atoms with Crippen molar-refractivity contribution in [1.82, 2.24) is 14.8 Å². The number of hydrogen-bond acceptors (Lipinski definition) is 4. The van der Waals surface area contributed by atoms with Crippen molar-refractivity contribution in [1.29, 1.82) is 0 Å². The van der Waals surface area contributed by atoms with Gasteiger partial charge in [-0.15, -0.1) is 5.10 Å². The standard InChI is InChI=1S/C14H18ClN3O2S/c1-20-9-4-8-18-13(19)16-17-14(18)21-10-7-11-5-2-3-6-12(11)15/h2-3,5-6H,4,7-10H2,1H3,(H,16,19). The number of nitrogens with zero attached hydrogens (tertiary/aromatic N) is 2. The van der Waals surface area contributed by atoms with Gasteiger partial charge in [-0.2, -0.15) is 0 Å². The summed E-state index contributed by atoms with van der Waals surface area (Å²) in [6.45, 7) is 1.24. The molecule has 2 rings (SSSR count). The van der Waals surface area contributed by atoms with E-state index in [-0.39, 0.29) is 5.69 Å². The van der Waals surface area contributed by atoms with Crippen molar-refractivity contribution in [2.24, 2.45) is 0 Å². The number of halogens is 1. The van der Waals surface area contributed by atoms with Gasteiger partial charge in [0.1, 0.15) is 0 Å². The molecule has 0 atom stereocenters. The molecule has 114 valence electrons. The van der Waals surface area contributed by atoms with Gasteiger partial charge in [0.15, 0.2) is 5.16 Å². The summed E-state index contributed by atoms with van der Waals surface area (Å²) in [7, 11) is 1.65. The van der Waals surface area contributed by atoms with Gasteiger partial charge in [-0.05, 0) is 24.5 Å². The number of benzene rings is 1. The van der Waals surface area contributed by atoms with Crippen LogP contribution in [0.5, 0.6) is 0 Å². The van der Waals surface area contributed by atoms with Gasteiger partial charge >= 0.3 is 5.69 Å². The number of hydrogen-bond donors (Lipinski definition) is 1. The summed E-state index contributed by atoms with van der Waals surface area (Å²) in [5.74, 6) is 0.818. The number of H-pyrrole nitrogens is 1. The van der Waals surface area contributed by atoms with Crippen LogP contribution in [0, 0.1) is 0 Å². The molecule has 0 amide bonds. The zero-order valence-electron chi connectivity index (χ0n) is 11.8. The largest absolute Gasteiger partial charge is 0.385 e. The van der Waals surface area contributed by atoms with Crippen LogP contribution in [0.15, 0.2) is 34.2 Å². The summed E-state index contributed by atoms with van der Waals surface area (Å²) in [6.07, 6.45) is 1.62. The van der Waals surface area contributed by atoms with Crippen LogP contribution in [-0.2, 0) is 17.7 Å². The molecule has 2 aromatic rings. The van der Waals surface area contributed by atoms with E-state index in [4.69, 9.17) is 16.3 Å². The molecular weight excluding hydrogens is 310 g/mol. The van der Waals surface area contributed by atoms with Crippen LogP contribution in [0.4, 0.5) is 0 Å². The molecule has 1 N–H and O–H groups in total. The summed E-state index contributed by atoms with van der Waals surface area (Å²) in [4.78, 5) is 11.7. The highest BCUT2D eigenvalue weighted by molar-refractivity contribution is 7.99. The van der Waals surface area contributed by atoms with E-state index < -0.39 is 0 Å². The van der Waals surface area contributed by atoms with Gasteiger partial charge in [-0.3, -0.25) is 4.57 Å². The lowest BCUT2D eigenvalue weighted by Gasteiger charge is -2.06. The maximum Gasteiger partial charge on any atom is 0.343 e. The molecule has 0 saturated heterocycles. The van der Waals surface area contributed by atoms with Crippen molar-refractivity contribution in [3.63, 3.8) is 0 Å². The number of methoxy groups -OCH3 is 1. The minimum Gasteiger partial charge on any atom is -0.385 e. The second kappa shape index (κ2) is 8.26. The second-order valence-electron chi connectivity index (χ2n) is 4.50. The molecule has 0 aliphatic rings. The van der Waals surface area contributed by atoms with Gasteiger partial charge in [0.25, 0.3) is 0 Å². The van der Waals surface area contributed by atoms with Crippen LogP contribution < -0.4 is 5.69 Å². The molecular formula is C14H18ClN3O2S. The lowest BCUT2D eigenvalue weighted by molar-refractivity contribution is 0.189. The number of aromatic amines is 1. The van der Waals surface area contributed by atoms with Gasteiger partial charge in [0.2, 0.25) is 0 Å². The Morgan fingerprint density at radius 2 is 2.24 bits per heavy atom. The van der Waals surface area contributed by atoms with Crippen LogP contribution in [0.25, 0.3) is 0 Å². The van der Waals surface area contributed by atoms with E-state index in [2.05, 4.69) is 10.2 Å². The van der Waals surface area contributed by atoms with Gasteiger partial charge in [-0.25, -0.2) is 9.89 Å². The molecule has 1 aromatic heterocycles. The lowest BCUT2D eigenvalue weighted by atomic mass is 10.2. The summed E-state index contributed by atoms with van der Waals surface area (Å²) in [5, 5.41) is 8.04. The van der Waals surface area contributed by atoms with E-state index in [1.54, 1.807) is 23.4 Å². The third kappa shape index (κ3) is 4.62. The molecule has 0 fully saturated rings. The molecule has 0 bridgehead atoms. The van der Waals surface area contributed by atoms with Crippen LogP contribution in [0.3, 0.4) is 0 Å². The predicted octanol–water partition coefficient (Wildman–Crippen LogP) is 2.60. The maximum absolute atomic E-state index is 11.7. The summed E-state index contributed by atoms with van der Waals surface area (Å²) in [5.41, 5.74) is 0.932. The van der Waals surface area contributed by atoms with Crippen LogP contribution in [-0.4, -0.2) is 34.2 Å². The first-order valence-electron chi connectivity index (χ1n) is 6.72. The zero-order chi connectivity index (χ0) is 15.1. The first-order valence-corrected chi connectivity index (χ1v) is 8.09. The van der Waals surface area contributed by atoms with Gasteiger partial charge in [0.05, 0.1) is 0 Å². The van der Waals surface area contributed by atoms with Gasteiger partial charge in [-0.1, -0.05) is 41.6 Å².